The van der Waals surface area contributed by atoms with Crippen molar-refractivity contribution in [3.8, 4) is 17.2 Å². The summed E-state index contributed by atoms with van der Waals surface area (Å²) in [7, 11) is 0. The Morgan fingerprint density at radius 2 is 1.70 bits per heavy atom. The Hall–Kier alpha value is -4.42. The number of rotatable bonds is 8. The van der Waals surface area contributed by atoms with Gasteiger partial charge in [0.25, 0.3) is 0 Å². The number of carbonyl (C=O) groups is 2. The third-order valence-corrected chi connectivity index (χ3v) is 11.0. The molecule has 2 aromatic heterocycles. The first-order chi connectivity index (χ1) is 25.4. The third-order valence-electron chi connectivity index (χ3n) is 10.7. The second-order valence-electron chi connectivity index (χ2n) is 16.2. The van der Waals surface area contributed by atoms with Crippen LogP contribution >= 0.6 is 11.6 Å². The molecular formula is C38H47ClF3N9O3. The zero-order valence-electron chi connectivity index (χ0n) is 31.3. The van der Waals surface area contributed by atoms with E-state index in [0.29, 0.717) is 24.0 Å². The van der Waals surface area contributed by atoms with Crippen molar-refractivity contribution < 1.29 is 27.5 Å². The standard InChI is InChI=1S/C38H47ClF3N9O3/c1-35(2,3)54-34(53)51-14-12-49(13-15-51)22-24-8-10-50(11-9-24)31-7-6-25(20-44-31)28-16-26-18-37(23-43,19-27(26)17-29(28)39)33(52)45-21-30-46-32(48-47-30)36(4,5)38(40,41)42/h6-7,16-17,20,24H,8-15,18-19,21-22H2,1-5H3,(H,45,52)(H,46,47,48). The van der Waals surface area contributed by atoms with Crippen LogP contribution in [0.1, 0.15) is 70.2 Å². The van der Waals surface area contributed by atoms with Gasteiger partial charge in [0, 0.05) is 81.0 Å². The first-order valence-corrected chi connectivity index (χ1v) is 18.7. The number of fused-ring (bicyclic) bond motifs is 1. The van der Waals surface area contributed by atoms with Gasteiger partial charge in [-0.05, 0) is 88.8 Å². The molecule has 16 heteroatoms. The van der Waals surface area contributed by atoms with Gasteiger partial charge in [0.15, 0.2) is 5.82 Å². The maximum absolute atomic E-state index is 13.4. The molecule has 2 aliphatic heterocycles. The highest BCUT2D eigenvalue weighted by atomic mass is 35.5. The molecule has 1 unspecified atom stereocenters. The van der Waals surface area contributed by atoms with Crippen molar-refractivity contribution in [2.45, 2.75) is 84.0 Å². The van der Waals surface area contributed by atoms with Gasteiger partial charge in [0.1, 0.15) is 28.1 Å². The van der Waals surface area contributed by atoms with E-state index in [1.807, 2.05) is 39.0 Å². The molecule has 290 valence electrons. The van der Waals surface area contributed by atoms with E-state index in [2.05, 4.69) is 36.4 Å². The van der Waals surface area contributed by atoms with Gasteiger partial charge in [-0.2, -0.15) is 23.5 Å². The number of nitriles is 1. The minimum absolute atomic E-state index is 0.0527. The molecule has 4 heterocycles. The Morgan fingerprint density at radius 1 is 1.04 bits per heavy atom. The first kappa shape index (κ1) is 39.3. The van der Waals surface area contributed by atoms with E-state index in [9.17, 15) is 28.0 Å². The Kier molecular flexibility index (Phi) is 10.9. The summed E-state index contributed by atoms with van der Waals surface area (Å²) in [6.07, 6.45) is -0.608. The van der Waals surface area contributed by atoms with E-state index in [1.165, 1.54) is 0 Å². The van der Waals surface area contributed by atoms with Crippen LogP contribution in [0.3, 0.4) is 0 Å². The second kappa shape index (κ2) is 15.0. The lowest BCUT2D eigenvalue weighted by Gasteiger charge is -2.39. The van der Waals surface area contributed by atoms with Crippen molar-refractivity contribution >= 4 is 29.4 Å². The summed E-state index contributed by atoms with van der Waals surface area (Å²) >= 11 is 6.75. The van der Waals surface area contributed by atoms with Gasteiger partial charge in [-0.15, -0.1) is 0 Å². The molecule has 2 amide bonds. The molecule has 6 rings (SSSR count). The summed E-state index contributed by atoms with van der Waals surface area (Å²) in [5.74, 6) is 0.532. The van der Waals surface area contributed by atoms with E-state index in [-0.39, 0.29) is 31.3 Å². The largest absolute Gasteiger partial charge is 0.444 e. The number of pyridine rings is 1. The number of H-pyrrole nitrogens is 1. The molecule has 0 bridgehead atoms. The van der Waals surface area contributed by atoms with Crippen molar-refractivity contribution in [3.05, 3.63) is 58.3 Å². The van der Waals surface area contributed by atoms with E-state index in [4.69, 9.17) is 21.3 Å². The summed E-state index contributed by atoms with van der Waals surface area (Å²) < 4.78 is 45.8. The van der Waals surface area contributed by atoms with Gasteiger partial charge in [-0.3, -0.25) is 14.8 Å². The fraction of sp³-hybridized carbons (Fsp3) is 0.579. The molecule has 1 aromatic carbocycles. The zero-order valence-corrected chi connectivity index (χ0v) is 32.1. The maximum atomic E-state index is 13.4. The highest BCUT2D eigenvalue weighted by molar-refractivity contribution is 6.33. The van der Waals surface area contributed by atoms with Gasteiger partial charge < -0.3 is 19.9 Å². The Morgan fingerprint density at radius 3 is 2.30 bits per heavy atom. The lowest BCUT2D eigenvalue weighted by atomic mass is 9.85. The number of aromatic nitrogens is 4. The molecule has 54 heavy (non-hydrogen) atoms. The average Bonchev–Trinajstić information content (AvgIpc) is 3.75. The van der Waals surface area contributed by atoms with E-state index in [0.717, 1.165) is 87.5 Å². The third kappa shape index (κ3) is 8.44. The Labute approximate surface area is 318 Å². The Balaban J connectivity index is 1.01. The SMILES string of the molecule is CC(C)(C)OC(=O)N1CCN(CC2CCN(c3ccc(-c4cc5c(cc4Cl)CC(C#N)(C(=O)NCc4nc(C(C)(C)C(F)(F)F)n[nH]4)C5)cn3)CC2)CC1. The molecule has 0 spiro atoms. The van der Waals surface area contributed by atoms with E-state index in [1.54, 1.807) is 17.2 Å². The number of alkyl halides is 3. The molecule has 1 aliphatic carbocycles. The van der Waals surface area contributed by atoms with Gasteiger partial charge in [0.2, 0.25) is 5.91 Å². The van der Waals surface area contributed by atoms with Crippen molar-refractivity contribution in [1.82, 2.24) is 35.3 Å². The molecule has 3 aliphatic rings. The van der Waals surface area contributed by atoms with Gasteiger partial charge in [-0.25, -0.2) is 14.8 Å². The van der Waals surface area contributed by atoms with Gasteiger partial charge in [0.05, 0.1) is 12.6 Å². The van der Waals surface area contributed by atoms with Crippen LogP contribution in [-0.4, -0.2) is 99.6 Å². The van der Waals surface area contributed by atoms with E-state index >= 15 is 0 Å². The maximum Gasteiger partial charge on any atom is 0.410 e. The molecule has 2 fully saturated rings. The number of halogens is 4. The second-order valence-corrected chi connectivity index (χ2v) is 16.6. The van der Waals surface area contributed by atoms with Crippen LogP contribution in [0.4, 0.5) is 23.8 Å². The Bertz CT molecular complexity index is 1890. The van der Waals surface area contributed by atoms with Crippen LogP contribution in [0.25, 0.3) is 11.1 Å². The number of nitrogens with zero attached hydrogens (tertiary/aromatic N) is 7. The van der Waals surface area contributed by atoms with Crippen LogP contribution in [-0.2, 0) is 34.3 Å². The molecule has 12 nitrogen and oxygen atoms in total. The average molecular weight is 770 g/mol. The molecule has 1 atom stereocenters. The fourth-order valence-corrected chi connectivity index (χ4v) is 7.50. The van der Waals surface area contributed by atoms with Crippen molar-refractivity contribution in [3.63, 3.8) is 0 Å². The zero-order chi connectivity index (χ0) is 39.1. The lowest BCUT2D eigenvalue weighted by Crippen LogP contribution is -2.51. The number of hydrogen-bond acceptors (Lipinski definition) is 9. The van der Waals surface area contributed by atoms with Crippen LogP contribution < -0.4 is 10.2 Å². The smallest absolute Gasteiger partial charge is 0.410 e. The molecule has 2 saturated heterocycles. The van der Waals surface area contributed by atoms with E-state index < -0.39 is 34.3 Å². The number of hydrogen-bond donors (Lipinski definition) is 2. The van der Waals surface area contributed by atoms with Crippen LogP contribution in [0.2, 0.25) is 5.02 Å². The van der Waals surface area contributed by atoms with Crippen molar-refractivity contribution in [2.75, 3.05) is 50.7 Å². The molecular weight excluding hydrogens is 723 g/mol. The van der Waals surface area contributed by atoms with Crippen molar-refractivity contribution in [2.24, 2.45) is 11.3 Å². The number of ether oxygens (including phenoxy) is 1. The summed E-state index contributed by atoms with van der Waals surface area (Å²) in [5.41, 5.74) is -1.03. The summed E-state index contributed by atoms with van der Waals surface area (Å²) in [6.45, 7) is 13.3. The molecule has 0 radical (unpaired) electrons. The van der Waals surface area contributed by atoms with Gasteiger partial charge >= 0.3 is 12.3 Å². The van der Waals surface area contributed by atoms with Gasteiger partial charge in [-0.1, -0.05) is 11.6 Å². The number of piperazine rings is 1. The normalized spacial score (nSPS) is 20.1. The lowest BCUT2D eigenvalue weighted by molar-refractivity contribution is -0.182. The summed E-state index contributed by atoms with van der Waals surface area (Å²) in [6, 6.07) is 9.85. The number of carbonyl (C=O) groups excluding carboxylic acids is 2. The number of amides is 2. The predicted molar refractivity (Wildman–Crippen MR) is 197 cm³/mol. The highest BCUT2D eigenvalue weighted by Gasteiger charge is 2.51. The number of aromatic amines is 1. The number of nitrogens with one attached hydrogen (secondary N) is 2. The van der Waals surface area contributed by atoms with Crippen LogP contribution in [0.15, 0.2) is 30.5 Å². The van der Waals surface area contributed by atoms with Crippen molar-refractivity contribution in [1.29, 1.82) is 5.26 Å². The number of benzene rings is 1. The fourth-order valence-electron chi connectivity index (χ4n) is 7.21. The molecule has 0 saturated carbocycles. The number of piperidine rings is 1. The predicted octanol–water partition coefficient (Wildman–Crippen LogP) is 6.05. The first-order valence-electron chi connectivity index (χ1n) is 18.3. The monoisotopic (exact) mass is 769 g/mol. The van der Waals surface area contributed by atoms with Crippen LogP contribution in [0, 0.1) is 22.7 Å². The minimum atomic E-state index is -4.56. The quantitative estimate of drug-likeness (QED) is 0.280. The molecule has 3 aromatic rings. The minimum Gasteiger partial charge on any atom is -0.444 e. The number of anilines is 1. The summed E-state index contributed by atoms with van der Waals surface area (Å²) in [5, 5.41) is 19.5. The molecule has 2 N–H and O–H groups in total. The van der Waals surface area contributed by atoms with Crippen LogP contribution in [0.5, 0.6) is 0 Å². The topological polar surface area (TPSA) is 143 Å². The summed E-state index contributed by atoms with van der Waals surface area (Å²) in [4.78, 5) is 41.0. The highest BCUT2D eigenvalue weighted by Crippen LogP contribution is 2.42.